The van der Waals surface area contributed by atoms with Crippen molar-refractivity contribution in [3.05, 3.63) is 53.9 Å². The molecule has 0 saturated carbocycles. The van der Waals surface area contributed by atoms with Crippen molar-refractivity contribution in [2.45, 2.75) is 26.4 Å². The van der Waals surface area contributed by atoms with Gasteiger partial charge in [-0.1, -0.05) is 30.3 Å². The van der Waals surface area contributed by atoms with Crippen LogP contribution in [0.25, 0.3) is 0 Å². The van der Waals surface area contributed by atoms with E-state index >= 15 is 0 Å². The van der Waals surface area contributed by atoms with Crippen LogP contribution in [-0.4, -0.2) is 40.7 Å². The highest BCUT2D eigenvalue weighted by Crippen LogP contribution is 2.17. The molecule has 1 atom stereocenters. The van der Waals surface area contributed by atoms with Crippen LogP contribution in [0, 0.1) is 6.92 Å². The second-order valence-corrected chi connectivity index (χ2v) is 5.55. The first-order chi connectivity index (χ1) is 10.6. The molecule has 1 N–H and O–H groups in total. The van der Waals surface area contributed by atoms with Crippen molar-refractivity contribution < 1.29 is 4.79 Å². The first kappa shape index (κ1) is 16.2. The molecule has 1 heterocycles. The zero-order valence-corrected chi connectivity index (χ0v) is 13.5. The summed E-state index contributed by atoms with van der Waals surface area (Å²) in [6, 6.07) is 10.1. The Morgan fingerprint density at radius 3 is 2.73 bits per heavy atom. The first-order valence-corrected chi connectivity index (χ1v) is 7.58. The fourth-order valence-electron chi connectivity index (χ4n) is 2.27. The molecule has 1 amide bonds. The van der Waals surface area contributed by atoms with E-state index in [2.05, 4.69) is 10.4 Å². The summed E-state index contributed by atoms with van der Waals surface area (Å²) in [7, 11) is 1.85. The molecule has 0 bridgehead atoms. The van der Waals surface area contributed by atoms with E-state index in [0.717, 1.165) is 24.2 Å². The van der Waals surface area contributed by atoms with Crippen molar-refractivity contribution in [2.75, 3.05) is 20.1 Å². The van der Waals surface area contributed by atoms with Gasteiger partial charge in [-0.15, -0.1) is 0 Å². The van der Waals surface area contributed by atoms with Gasteiger partial charge in [0, 0.05) is 19.8 Å². The Hall–Kier alpha value is -2.14. The highest BCUT2D eigenvalue weighted by atomic mass is 16.2. The number of hydrogen-bond acceptors (Lipinski definition) is 3. The maximum absolute atomic E-state index is 12.2. The minimum absolute atomic E-state index is 0.0734. The number of carbonyl (C=O) groups is 1. The van der Waals surface area contributed by atoms with Crippen molar-refractivity contribution in [2.24, 2.45) is 0 Å². The summed E-state index contributed by atoms with van der Waals surface area (Å²) < 4.78 is 1.88. The molecule has 118 valence electrons. The topological polar surface area (TPSA) is 50.2 Å². The van der Waals surface area contributed by atoms with E-state index in [9.17, 15) is 4.79 Å². The van der Waals surface area contributed by atoms with E-state index in [0.29, 0.717) is 6.54 Å². The number of carbonyl (C=O) groups excluding carboxylic acids is 1. The maximum Gasteiger partial charge on any atom is 0.236 e. The number of amides is 1. The lowest BCUT2D eigenvalue weighted by Gasteiger charge is -2.25. The molecular weight excluding hydrogens is 276 g/mol. The third-order valence-electron chi connectivity index (χ3n) is 3.81. The molecule has 0 aliphatic heterocycles. The molecular formula is C17H24N4O. The molecule has 0 radical (unpaired) electrons. The molecule has 1 unspecified atom stereocenters. The average molecular weight is 300 g/mol. The summed E-state index contributed by atoms with van der Waals surface area (Å²) in [6.45, 7) is 5.88. The molecule has 5 heteroatoms. The van der Waals surface area contributed by atoms with Gasteiger partial charge in [0.05, 0.1) is 25.3 Å². The van der Waals surface area contributed by atoms with Crippen molar-refractivity contribution in [1.82, 2.24) is 20.0 Å². The van der Waals surface area contributed by atoms with Gasteiger partial charge in [-0.05, 0) is 25.0 Å². The van der Waals surface area contributed by atoms with Gasteiger partial charge in [-0.2, -0.15) is 5.10 Å². The van der Waals surface area contributed by atoms with Crippen LogP contribution < -0.4 is 5.32 Å². The van der Waals surface area contributed by atoms with Gasteiger partial charge < -0.3 is 10.2 Å². The normalized spacial score (nSPS) is 12.1. The quantitative estimate of drug-likeness (QED) is 0.796. The van der Waals surface area contributed by atoms with Crippen molar-refractivity contribution >= 4 is 5.91 Å². The molecule has 0 fully saturated rings. The SMILES string of the molecule is Cc1cnn(CCNCC(=O)N(C)C(C)c2ccccc2)c1. The van der Waals surface area contributed by atoms with E-state index < -0.39 is 0 Å². The molecule has 0 aliphatic carbocycles. The second-order valence-electron chi connectivity index (χ2n) is 5.55. The van der Waals surface area contributed by atoms with Gasteiger partial charge >= 0.3 is 0 Å². The van der Waals surface area contributed by atoms with Crippen molar-refractivity contribution in [1.29, 1.82) is 0 Å². The molecule has 0 saturated heterocycles. The molecule has 0 aliphatic rings. The number of nitrogens with zero attached hydrogens (tertiary/aromatic N) is 3. The van der Waals surface area contributed by atoms with Crippen LogP contribution in [0.3, 0.4) is 0 Å². The fourth-order valence-corrected chi connectivity index (χ4v) is 2.27. The van der Waals surface area contributed by atoms with Gasteiger partial charge in [0.2, 0.25) is 5.91 Å². The van der Waals surface area contributed by atoms with Crippen LogP contribution in [0.1, 0.15) is 24.1 Å². The standard InChI is InChI=1S/C17H24N4O/c1-14-11-19-21(13-14)10-9-18-12-17(22)20(3)15(2)16-7-5-4-6-8-16/h4-8,11,13,15,18H,9-10,12H2,1-3H3. The summed E-state index contributed by atoms with van der Waals surface area (Å²) in [5, 5.41) is 7.39. The summed E-state index contributed by atoms with van der Waals surface area (Å²) >= 11 is 0. The first-order valence-electron chi connectivity index (χ1n) is 7.58. The van der Waals surface area contributed by atoms with E-state index in [1.807, 2.05) is 68.3 Å². The third kappa shape index (κ3) is 4.43. The summed E-state index contributed by atoms with van der Waals surface area (Å²) in [6.07, 6.45) is 3.83. The van der Waals surface area contributed by atoms with Gasteiger partial charge in [0.15, 0.2) is 0 Å². The van der Waals surface area contributed by atoms with Crippen LogP contribution in [-0.2, 0) is 11.3 Å². The molecule has 1 aromatic carbocycles. The molecule has 2 aromatic rings. The second kappa shape index (κ2) is 7.75. The summed E-state index contributed by atoms with van der Waals surface area (Å²) in [5.74, 6) is 0.0907. The Labute approximate surface area is 131 Å². The minimum atomic E-state index is 0.0734. The van der Waals surface area contributed by atoms with Crippen LogP contribution in [0.2, 0.25) is 0 Å². The number of rotatable bonds is 7. The molecule has 2 rings (SSSR count). The number of benzene rings is 1. The fraction of sp³-hybridized carbons (Fsp3) is 0.412. The molecule has 22 heavy (non-hydrogen) atoms. The Morgan fingerprint density at radius 2 is 2.09 bits per heavy atom. The number of nitrogens with one attached hydrogen (secondary N) is 1. The highest BCUT2D eigenvalue weighted by Gasteiger charge is 2.16. The zero-order valence-electron chi connectivity index (χ0n) is 13.5. The maximum atomic E-state index is 12.2. The number of aromatic nitrogens is 2. The van der Waals surface area contributed by atoms with Gasteiger partial charge in [-0.3, -0.25) is 9.48 Å². The van der Waals surface area contributed by atoms with Crippen molar-refractivity contribution in [3.8, 4) is 0 Å². The van der Waals surface area contributed by atoms with E-state index in [1.54, 1.807) is 4.90 Å². The number of hydrogen-bond donors (Lipinski definition) is 1. The van der Waals surface area contributed by atoms with Crippen LogP contribution in [0.5, 0.6) is 0 Å². The van der Waals surface area contributed by atoms with E-state index in [-0.39, 0.29) is 11.9 Å². The van der Waals surface area contributed by atoms with Crippen LogP contribution in [0.15, 0.2) is 42.7 Å². The Morgan fingerprint density at radius 1 is 1.36 bits per heavy atom. The molecule has 0 spiro atoms. The highest BCUT2D eigenvalue weighted by molar-refractivity contribution is 5.78. The predicted octanol–water partition coefficient (Wildman–Crippen LogP) is 2.00. The molecule has 5 nitrogen and oxygen atoms in total. The largest absolute Gasteiger partial charge is 0.338 e. The smallest absolute Gasteiger partial charge is 0.236 e. The zero-order chi connectivity index (χ0) is 15.9. The van der Waals surface area contributed by atoms with E-state index in [4.69, 9.17) is 0 Å². The summed E-state index contributed by atoms with van der Waals surface area (Å²) in [4.78, 5) is 14.0. The van der Waals surface area contributed by atoms with Crippen molar-refractivity contribution in [3.63, 3.8) is 0 Å². The van der Waals surface area contributed by atoms with Gasteiger partial charge in [-0.25, -0.2) is 0 Å². The van der Waals surface area contributed by atoms with Gasteiger partial charge in [0.1, 0.15) is 0 Å². The Kier molecular flexibility index (Phi) is 5.72. The molecule has 1 aromatic heterocycles. The lowest BCUT2D eigenvalue weighted by Crippen LogP contribution is -2.38. The predicted molar refractivity (Wildman–Crippen MR) is 87.5 cm³/mol. The summed E-state index contributed by atoms with van der Waals surface area (Å²) in [5.41, 5.74) is 2.29. The average Bonchev–Trinajstić information content (AvgIpc) is 2.96. The monoisotopic (exact) mass is 300 g/mol. The lowest BCUT2D eigenvalue weighted by molar-refractivity contribution is -0.130. The van der Waals surface area contributed by atoms with Gasteiger partial charge in [0.25, 0.3) is 0 Å². The number of aryl methyl sites for hydroxylation is 1. The lowest BCUT2D eigenvalue weighted by atomic mass is 10.1. The third-order valence-corrected chi connectivity index (χ3v) is 3.81. The van der Waals surface area contributed by atoms with Crippen LogP contribution >= 0.6 is 0 Å². The van der Waals surface area contributed by atoms with Crippen LogP contribution in [0.4, 0.5) is 0 Å². The Balaban J connectivity index is 1.74. The Bertz CT molecular complexity index is 594. The minimum Gasteiger partial charge on any atom is -0.338 e. The number of likely N-dealkylation sites (N-methyl/N-ethyl adjacent to an activating group) is 1. The van der Waals surface area contributed by atoms with E-state index in [1.165, 1.54) is 0 Å².